The lowest BCUT2D eigenvalue weighted by Gasteiger charge is -2.01. The maximum Gasteiger partial charge on any atom is 0.209 e. The molecular weight excluding hydrogens is 302 g/mol. The molecular formula is C15H11N3OS2. The molecule has 4 nitrogen and oxygen atoms in total. The summed E-state index contributed by atoms with van der Waals surface area (Å²) in [4.78, 5) is 16.9. The second-order valence-electron chi connectivity index (χ2n) is 4.18. The van der Waals surface area contributed by atoms with Crippen molar-refractivity contribution in [2.75, 3.05) is 5.75 Å². The van der Waals surface area contributed by atoms with Gasteiger partial charge in [-0.05, 0) is 11.4 Å². The van der Waals surface area contributed by atoms with E-state index in [1.165, 1.54) is 23.1 Å². The monoisotopic (exact) mass is 313 g/mol. The van der Waals surface area contributed by atoms with Gasteiger partial charge in [0.25, 0.3) is 0 Å². The van der Waals surface area contributed by atoms with Crippen molar-refractivity contribution in [1.29, 1.82) is 0 Å². The Balaban J connectivity index is 1.64. The first-order chi connectivity index (χ1) is 10.3. The Labute approximate surface area is 130 Å². The molecule has 3 rings (SSSR count). The minimum atomic E-state index is 0.0886. The summed E-state index contributed by atoms with van der Waals surface area (Å²) in [6.45, 7) is 0. The van der Waals surface area contributed by atoms with E-state index in [1.54, 1.807) is 6.20 Å². The summed E-state index contributed by atoms with van der Waals surface area (Å²) in [6, 6.07) is 13.4. The van der Waals surface area contributed by atoms with Crippen LogP contribution in [0, 0.1) is 0 Å². The number of hydrogen-bond acceptors (Lipinski definition) is 6. The number of aromatic nitrogens is 3. The molecule has 0 bridgehead atoms. The molecule has 0 N–H and O–H groups in total. The second kappa shape index (κ2) is 6.60. The van der Waals surface area contributed by atoms with Crippen LogP contribution in [-0.4, -0.2) is 26.7 Å². The van der Waals surface area contributed by atoms with Crippen molar-refractivity contribution in [3.05, 3.63) is 58.9 Å². The lowest BCUT2D eigenvalue weighted by molar-refractivity contribution is 0.102. The van der Waals surface area contributed by atoms with Gasteiger partial charge in [0, 0.05) is 5.56 Å². The molecule has 104 valence electrons. The molecule has 0 aliphatic heterocycles. The van der Waals surface area contributed by atoms with Crippen molar-refractivity contribution >= 4 is 28.9 Å². The fourth-order valence-corrected chi connectivity index (χ4v) is 3.11. The number of benzene rings is 1. The van der Waals surface area contributed by atoms with Crippen molar-refractivity contribution in [2.45, 2.75) is 5.16 Å². The van der Waals surface area contributed by atoms with Gasteiger partial charge in [0.05, 0.1) is 16.8 Å². The Morgan fingerprint density at radius 3 is 2.62 bits per heavy atom. The third-order valence-corrected chi connectivity index (χ3v) is 4.50. The average molecular weight is 313 g/mol. The van der Waals surface area contributed by atoms with Crippen LogP contribution in [0.4, 0.5) is 0 Å². The van der Waals surface area contributed by atoms with Crippen molar-refractivity contribution in [3.8, 4) is 11.3 Å². The third-order valence-electron chi connectivity index (χ3n) is 2.74. The van der Waals surface area contributed by atoms with Crippen molar-refractivity contribution in [1.82, 2.24) is 15.2 Å². The Hall–Kier alpha value is -2.05. The molecule has 0 amide bonds. The van der Waals surface area contributed by atoms with Crippen LogP contribution in [-0.2, 0) is 0 Å². The van der Waals surface area contributed by atoms with Gasteiger partial charge in [-0.25, -0.2) is 4.98 Å². The zero-order valence-corrected chi connectivity index (χ0v) is 12.6. The van der Waals surface area contributed by atoms with E-state index in [4.69, 9.17) is 0 Å². The van der Waals surface area contributed by atoms with Crippen LogP contribution >= 0.6 is 23.1 Å². The number of rotatable bonds is 5. The molecule has 3 aromatic rings. The maximum atomic E-state index is 11.9. The smallest absolute Gasteiger partial charge is 0.209 e. The zero-order valence-electron chi connectivity index (χ0n) is 11.0. The third kappa shape index (κ3) is 3.53. The second-order valence-corrected chi connectivity index (χ2v) is 6.07. The van der Waals surface area contributed by atoms with E-state index in [0.717, 1.165) is 16.1 Å². The predicted octanol–water partition coefficient (Wildman–Crippen LogP) is 3.58. The number of carbonyl (C=O) groups excluding carboxylic acids is 1. The molecule has 6 heteroatoms. The summed E-state index contributed by atoms with van der Waals surface area (Å²) in [5.74, 6) is 0.415. The van der Waals surface area contributed by atoms with Crippen molar-refractivity contribution in [2.24, 2.45) is 0 Å². The number of hydrogen-bond donors (Lipinski definition) is 0. The highest BCUT2D eigenvalue weighted by Crippen LogP contribution is 2.19. The topological polar surface area (TPSA) is 55.7 Å². The molecule has 2 heterocycles. The van der Waals surface area contributed by atoms with E-state index >= 15 is 0 Å². The van der Waals surface area contributed by atoms with Gasteiger partial charge in [-0.3, -0.25) is 4.79 Å². The lowest BCUT2D eigenvalue weighted by Crippen LogP contribution is -2.01. The molecule has 0 unspecified atom stereocenters. The first-order valence-corrected chi connectivity index (χ1v) is 8.14. The first kappa shape index (κ1) is 13.9. The molecule has 0 fully saturated rings. The highest BCUT2D eigenvalue weighted by Gasteiger charge is 2.09. The van der Waals surface area contributed by atoms with Gasteiger partial charge >= 0.3 is 0 Å². The molecule has 2 aromatic heterocycles. The van der Waals surface area contributed by atoms with Crippen LogP contribution in [0.25, 0.3) is 11.3 Å². The van der Waals surface area contributed by atoms with Gasteiger partial charge in [0.15, 0.2) is 5.78 Å². The summed E-state index contributed by atoms with van der Waals surface area (Å²) in [7, 11) is 0. The minimum Gasteiger partial charge on any atom is -0.292 e. The normalized spacial score (nSPS) is 10.5. The summed E-state index contributed by atoms with van der Waals surface area (Å²) in [5.41, 5.74) is 1.70. The number of carbonyl (C=O) groups is 1. The molecule has 0 aliphatic carbocycles. The summed E-state index contributed by atoms with van der Waals surface area (Å²) < 4.78 is 0. The predicted molar refractivity (Wildman–Crippen MR) is 84.6 cm³/mol. The van der Waals surface area contributed by atoms with Gasteiger partial charge in [-0.15, -0.1) is 21.5 Å². The molecule has 1 aromatic carbocycles. The Morgan fingerprint density at radius 2 is 1.95 bits per heavy atom. The van der Waals surface area contributed by atoms with Crippen LogP contribution in [0.3, 0.4) is 0 Å². The van der Waals surface area contributed by atoms with E-state index < -0.39 is 0 Å². The zero-order chi connectivity index (χ0) is 14.5. The molecule has 0 saturated heterocycles. The highest BCUT2D eigenvalue weighted by molar-refractivity contribution is 7.99. The molecule has 0 aliphatic rings. The Kier molecular flexibility index (Phi) is 4.37. The quantitative estimate of drug-likeness (QED) is 0.532. The number of ketones is 1. The molecule has 0 atom stereocenters. The highest BCUT2D eigenvalue weighted by atomic mass is 32.2. The van der Waals surface area contributed by atoms with Gasteiger partial charge in [0.1, 0.15) is 5.69 Å². The molecule has 21 heavy (non-hydrogen) atoms. The number of thioether (sulfide) groups is 1. The van der Waals surface area contributed by atoms with E-state index in [9.17, 15) is 4.79 Å². The number of Topliss-reactive ketones (excluding diaryl/α,β-unsaturated/α-hetero) is 1. The van der Waals surface area contributed by atoms with Crippen LogP contribution in [0.1, 0.15) is 9.67 Å². The largest absolute Gasteiger partial charge is 0.292 e. The maximum absolute atomic E-state index is 11.9. The van der Waals surface area contributed by atoms with Crippen molar-refractivity contribution < 1.29 is 4.79 Å². The standard InChI is InChI=1S/C15H11N3OS2/c19-13(14-7-4-8-20-14)10-21-15-16-9-12(17-18-15)11-5-2-1-3-6-11/h1-9H,10H2. The van der Waals surface area contributed by atoms with Crippen molar-refractivity contribution in [3.63, 3.8) is 0 Å². The van der Waals surface area contributed by atoms with E-state index in [-0.39, 0.29) is 5.78 Å². The van der Waals surface area contributed by atoms with Gasteiger partial charge in [-0.2, -0.15) is 0 Å². The van der Waals surface area contributed by atoms with Gasteiger partial charge in [-0.1, -0.05) is 48.2 Å². The minimum absolute atomic E-state index is 0.0886. The van der Waals surface area contributed by atoms with Gasteiger partial charge in [0.2, 0.25) is 5.16 Å². The fourth-order valence-electron chi connectivity index (χ4n) is 1.71. The van der Waals surface area contributed by atoms with Crippen LogP contribution < -0.4 is 0 Å². The molecule has 0 spiro atoms. The SMILES string of the molecule is O=C(CSc1ncc(-c2ccccc2)nn1)c1cccs1. The number of nitrogens with zero attached hydrogens (tertiary/aromatic N) is 3. The van der Waals surface area contributed by atoms with Crippen LogP contribution in [0.15, 0.2) is 59.2 Å². The van der Waals surface area contributed by atoms with E-state index in [0.29, 0.717) is 10.9 Å². The van der Waals surface area contributed by atoms with Crippen LogP contribution in [0.5, 0.6) is 0 Å². The average Bonchev–Trinajstić information content (AvgIpc) is 3.08. The Bertz CT molecular complexity index is 712. The summed E-state index contributed by atoms with van der Waals surface area (Å²) in [5, 5.41) is 10.6. The first-order valence-electron chi connectivity index (χ1n) is 6.27. The lowest BCUT2D eigenvalue weighted by atomic mass is 10.2. The summed E-state index contributed by atoms with van der Waals surface area (Å²) in [6.07, 6.45) is 1.68. The van der Waals surface area contributed by atoms with Gasteiger partial charge < -0.3 is 0 Å². The number of thiophene rings is 1. The molecule has 0 saturated carbocycles. The summed E-state index contributed by atoms with van der Waals surface area (Å²) >= 11 is 2.75. The fraction of sp³-hybridized carbons (Fsp3) is 0.0667. The van der Waals surface area contributed by atoms with E-state index in [1.807, 2.05) is 47.8 Å². The molecule has 0 radical (unpaired) electrons. The van der Waals surface area contributed by atoms with Crippen LogP contribution in [0.2, 0.25) is 0 Å². The van der Waals surface area contributed by atoms with E-state index in [2.05, 4.69) is 15.2 Å². The Morgan fingerprint density at radius 1 is 1.10 bits per heavy atom.